The highest BCUT2D eigenvalue weighted by atomic mass is 32.1. The van der Waals surface area contributed by atoms with Crippen LogP contribution in [0.25, 0.3) is 4.96 Å². The predicted octanol–water partition coefficient (Wildman–Crippen LogP) is 3.10. The van der Waals surface area contributed by atoms with Crippen LogP contribution in [0.2, 0.25) is 0 Å². The number of hydrogen-bond donors (Lipinski definition) is 1. The minimum Gasteiger partial charge on any atom is -0.347 e. The molecule has 1 aliphatic rings. The molecule has 1 saturated heterocycles. The smallest absolute Gasteiger partial charge is 0.275 e. The quantitative estimate of drug-likeness (QED) is 0.693. The van der Waals surface area contributed by atoms with Crippen molar-refractivity contribution < 1.29 is 9.18 Å². The largest absolute Gasteiger partial charge is 0.347 e. The fraction of sp³-hybridized carbons (Fsp3) is 0.400. The van der Waals surface area contributed by atoms with Crippen LogP contribution in [0.15, 0.2) is 35.1 Å². The number of nitrogens with one attached hydrogen (secondary N) is 1. The molecule has 4 rings (SSSR count). The average Bonchev–Trinajstić information content (AvgIpc) is 3.13. The lowest BCUT2D eigenvalue weighted by Crippen LogP contribution is -2.38. The maximum atomic E-state index is 13.3. The Hall–Kier alpha value is -2.81. The van der Waals surface area contributed by atoms with E-state index in [2.05, 4.69) is 27.2 Å². The number of aryl methyl sites for hydroxylation is 1. The number of hydrogen-bond acceptors (Lipinski definition) is 6. The molecule has 1 aliphatic heterocycles. The molecule has 0 spiro atoms. The van der Waals surface area contributed by atoms with Gasteiger partial charge in [-0.3, -0.25) is 9.59 Å². The van der Waals surface area contributed by atoms with Crippen LogP contribution in [0.1, 0.15) is 31.9 Å². The predicted molar refractivity (Wildman–Crippen MR) is 111 cm³/mol. The molecule has 0 bridgehead atoms. The normalized spacial score (nSPS) is 15.0. The van der Waals surface area contributed by atoms with E-state index < -0.39 is 0 Å². The standard InChI is InChI=1S/C20H22FN5O2S/c1-2-4-15-12-17(27)26-19(23-15)29-20(24-26)25-9-7-13(8-10-25)18(28)22-16-6-3-5-14(21)11-16/h3,5-6,11-13H,2,4,7-10H2,1H3,(H,22,28). The van der Waals surface area contributed by atoms with Crippen LogP contribution in [-0.2, 0) is 11.2 Å². The van der Waals surface area contributed by atoms with Crippen LogP contribution in [0.3, 0.4) is 0 Å². The van der Waals surface area contributed by atoms with Gasteiger partial charge in [-0.2, -0.15) is 4.52 Å². The summed E-state index contributed by atoms with van der Waals surface area (Å²) in [4.78, 5) is 32.0. The first-order valence-electron chi connectivity index (χ1n) is 9.74. The summed E-state index contributed by atoms with van der Waals surface area (Å²) in [5.74, 6) is -0.609. The van der Waals surface area contributed by atoms with Gasteiger partial charge >= 0.3 is 0 Å². The Kier molecular flexibility index (Phi) is 5.57. The Morgan fingerprint density at radius 3 is 2.83 bits per heavy atom. The van der Waals surface area contributed by atoms with Gasteiger partial charge in [-0.1, -0.05) is 30.7 Å². The highest BCUT2D eigenvalue weighted by molar-refractivity contribution is 7.20. The molecule has 0 atom stereocenters. The highest BCUT2D eigenvalue weighted by Gasteiger charge is 2.27. The third-order valence-electron chi connectivity index (χ3n) is 5.02. The van der Waals surface area contributed by atoms with E-state index in [1.54, 1.807) is 18.2 Å². The molecule has 7 nitrogen and oxygen atoms in total. The number of nitrogens with zero attached hydrogens (tertiary/aromatic N) is 4. The van der Waals surface area contributed by atoms with Gasteiger partial charge in [0.15, 0.2) is 0 Å². The Balaban J connectivity index is 1.42. The van der Waals surface area contributed by atoms with Gasteiger partial charge in [0.05, 0.1) is 0 Å². The minimum absolute atomic E-state index is 0.0957. The second-order valence-electron chi connectivity index (χ2n) is 7.18. The molecule has 1 amide bonds. The van der Waals surface area contributed by atoms with E-state index in [1.165, 1.54) is 28.0 Å². The number of carbonyl (C=O) groups excluding carboxylic acids is 1. The zero-order valence-electron chi connectivity index (χ0n) is 16.1. The molecule has 152 valence electrons. The summed E-state index contributed by atoms with van der Waals surface area (Å²) in [6.07, 6.45) is 3.03. The average molecular weight is 415 g/mol. The van der Waals surface area contributed by atoms with Crippen molar-refractivity contribution in [3.8, 4) is 0 Å². The third kappa shape index (κ3) is 4.29. The van der Waals surface area contributed by atoms with E-state index in [1.807, 2.05) is 0 Å². The molecule has 9 heteroatoms. The molecule has 0 saturated carbocycles. The lowest BCUT2D eigenvalue weighted by atomic mass is 9.96. The monoisotopic (exact) mass is 415 g/mol. The van der Waals surface area contributed by atoms with Crippen molar-refractivity contribution in [2.75, 3.05) is 23.3 Å². The fourth-order valence-electron chi connectivity index (χ4n) is 3.50. The number of halogens is 1. The molecule has 0 radical (unpaired) electrons. The summed E-state index contributed by atoms with van der Waals surface area (Å²) in [7, 11) is 0. The molecule has 2 aromatic heterocycles. The Labute approximate surface area is 171 Å². The Morgan fingerprint density at radius 2 is 2.10 bits per heavy atom. The number of piperidine rings is 1. The first kappa shape index (κ1) is 19.5. The number of carbonyl (C=O) groups is 1. The van der Waals surface area contributed by atoms with Gasteiger partial charge in [0.25, 0.3) is 5.56 Å². The SMILES string of the molecule is CCCc1cc(=O)n2nc(N3CCC(C(=O)Nc4cccc(F)c4)CC3)sc2n1. The molecule has 0 unspecified atom stereocenters. The van der Waals surface area contributed by atoms with Crippen molar-refractivity contribution in [2.45, 2.75) is 32.6 Å². The Bertz CT molecular complexity index is 1090. The molecular weight excluding hydrogens is 393 g/mol. The summed E-state index contributed by atoms with van der Waals surface area (Å²) in [5.41, 5.74) is 1.10. The van der Waals surface area contributed by atoms with Crippen molar-refractivity contribution >= 4 is 33.0 Å². The van der Waals surface area contributed by atoms with E-state index in [-0.39, 0.29) is 23.2 Å². The topological polar surface area (TPSA) is 79.6 Å². The first-order valence-corrected chi connectivity index (χ1v) is 10.6. The lowest BCUT2D eigenvalue weighted by Gasteiger charge is -2.30. The number of amides is 1. The molecule has 1 aromatic carbocycles. The van der Waals surface area contributed by atoms with Crippen LogP contribution in [0, 0.1) is 11.7 Å². The lowest BCUT2D eigenvalue weighted by molar-refractivity contribution is -0.120. The van der Waals surface area contributed by atoms with E-state index in [0.29, 0.717) is 36.6 Å². The van der Waals surface area contributed by atoms with Gasteiger partial charge in [0.1, 0.15) is 5.82 Å². The third-order valence-corrected chi connectivity index (χ3v) is 5.99. The van der Waals surface area contributed by atoms with Crippen LogP contribution in [-0.4, -0.2) is 33.6 Å². The number of rotatable bonds is 5. The second kappa shape index (κ2) is 8.28. The van der Waals surface area contributed by atoms with E-state index >= 15 is 0 Å². The molecule has 0 aliphatic carbocycles. The zero-order chi connectivity index (χ0) is 20.4. The van der Waals surface area contributed by atoms with Crippen LogP contribution in [0.4, 0.5) is 15.2 Å². The molecule has 1 fully saturated rings. The molecule has 1 N–H and O–H groups in total. The molecule has 3 aromatic rings. The number of aromatic nitrogens is 3. The number of anilines is 2. The maximum Gasteiger partial charge on any atom is 0.275 e. The van der Waals surface area contributed by atoms with Crippen molar-refractivity contribution in [3.05, 3.63) is 52.2 Å². The summed E-state index contributed by atoms with van der Waals surface area (Å²) in [5, 5.41) is 7.96. The summed E-state index contributed by atoms with van der Waals surface area (Å²) >= 11 is 1.40. The highest BCUT2D eigenvalue weighted by Crippen LogP contribution is 2.27. The van der Waals surface area contributed by atoms with E-state index in [0.717, 1.165) is 23.7 Å². The van der Waals surface area contributed by atoms with Gasteiger partial charge in [-0.05, 0) is 37.5 Å². The number of benzene rings is 1. The van der Waals surface area contributed by atoms with E-state index in [4.69, 9.17) is 0 Å². The molecule has 29 heavy (non-hydrogen) atoms. The first-order chi connectivity index (χ1) is 14.0. The molecule has 3 heterocycles. The summed E-state index contributed by atoms with van der Waals surface area (Å²) in [6, 6.07) is 7.45. The van der Waals surface area contributed by atoms with Crippen molar-refractivity contribution in [1.82, 2.24) is 14.6 Å². The van der Waals surface area contributed by atoms with Crippen LogP contribution >= 0.6 is 11.3 Å². The van der Waals surface area contributed by atoms with Crippen molar-refractivity contribution in [2.24, 2.45) is 5.92 Å². The van der Waals surface area contributed by atoms with Crippen molar-refractivity contribution in [1.29, 1.82) is 0 Å². The summed E-state index contributed by atoms with van der Waals surface area (Å²) in [6.45, 7) is 3.38. The Morgan fingerprint density at radius 1 is 1.31 bits per heavy atom. The van der Waals surface area contributed by atoms with Gasteiger partial charge in [-0.15, -0.1) is 5.10 Å². The van der Waals surface area contributed by atoms with Crippen LogP contribution in [0.5, 0.6) is 0 Å². The van der Waals surface area contributed by atoms with Gasteiger partial charge in [0, 0.05) is 36.5 Å². The van der Waals surface area contributed by atoms with Gasteiger partial charge in [0.2, 0.25) is 16.0 Å². The molecular formula is C20H22FN5O2S. The van der Waals surface area contributed by atoms with Crippen LogP contribution < -0.4 is 15.8 Å². The van der Waals surface area contributed by atoms with Gasteiger partial charge in [-0.25, -0.2) is 9.37 Å². The maximum absolute atomic E-state index is 13.3. The van der Waals surface area contributed by atoms with E-state index in [9.17, 15) is 14.0 Å². The zero-order valence-corrected chi connectivity index (χ0v) is 16.9. The fourth-order valence-corrected chi connectivity index (χ4v) is 4.48. The second-order valence-corrected chi connectivity index (χ2v) is 8.11. The van der Waals surface area contributed by atoms with Crippen molar-refractivity contribution in [3.63, 3.8) is 0 Å². The number of fused-ring (bicyclic) bond motifs is 1. The minimum atomic E-state index is -0.376. The van der Waals surface area contributed by atoms with Gasteiger partial charge < -0.3 is 10.2 Å². The summed E-state index contributed by atoms with van der Waals surface area (Å²) < 4.78 is 14.6.